The molecule has 4 aromatic rings. The number of hydrogen-bond donors (Lipinski definition) is 0. The van der Waals surface area contributed by atoms with E-state index in [2.05, 4.69) is 12.1 Å². The number of carbonyl (C=O) groups is 1. The standard InChI is InChI=1S/C23H22N2O3S2/c1-2-27-19-11-6-12-20-22(19)24-23(30-20)25(14-18-10-7-13-28-18)21(26)16-29-15-17-8-4-3-5-9-17/h3-13H,2,14-16H2,1H3. The van der Waals surface area contributed by atoms with Crippen molar-refractivity contribution in [2.75, 3.05) is 17.3 Å². The number of carbonyl (C=O) groups excluding carboxylic acids is 1. The Morgan fingerprint density at radius 2 is 2.00 bits per heavy atom. The first-order chi connectivity index (χ1) is 14.7. The lowest BCUT2D eigenvalue weighted by Crippen LogP contribution is -2.31. The molecule has 0 radical (unpaired) electrons. The number of ether oxygens (including phenoxy) is 1. The molecule has 5 nitrogen and oxygen atoms in total. The zero-order chi connectivity index (χ0) is 20.8. The predicted molar refractivity (Wildman–Crippen MR) is 123 cm³/mol. The molecule has 30 heavy (non-hydrogen) atoms. The first kappa shape index (κ1) is 20.5. The van der Waals surface area contributed by atoms with Crippen LogP contribution in [0.3, 0.4) is 0 Å². The van der Waals surface area contributed by atoms with E-state index in [9.17, 15) is 4.79 Å². The number of amides is 1. The minimum Gasteiger partial charge on any atom is -0.492 e. The second-order valence-electron chi connectivity index (χ2n) is 6.57. The van der Waals surface area contributed by atoms with E-state index >= 15 is 0 Å². The molecule has 0 unspecified atom stereocenters. The Bertz CT molecular complexity index is 1090. The lowest BCUT2D eigenvalue weighted by atomic mass is 10.2. The van der Waals surface area contributed by atoms with Crippen molar-refractivity contribution >= 4 is 44.4 Å². The SMILES string of the molecule is CCOc1cccc2sc(N(Cc3ccco3)C(=O)CSCc3ccccc3)nc12. The average molecular weight is 439 g/mol. The molecule has 154 valence electrons. The fraction of sp³-hybridized carbons (Fsp3) is 0.217. The van der Waals surface area contributed by atoms with Gasteiger partial charge in [-0.05, 0) is 36.8 Å². The normalized spacial score (nSPS) is 11.0. The number of nitrogens with zero attached hydrogens (tertiary/aromatic N) is 2. The van der Waals surface area contributed by atoms with Gasteiger partial charge in [-0.15, -0.1) is 11.8 Å². The minimum absolute atomic E-state index is 0.00403. The van der Waals surface area contributed by atoms with Crippen LogP contribution < -0.4 is 9.64 Å². The molecule has 1 amide bonds. The highest BCUT2D eigenvalue weighted by Crippen LogP contribution is 2.35. The highest BCUT2D eigenvalue weighted by atomic mass is 32.2. The van der Waals surface area contributed by atoms with Gasteiger partial charge in [-0.25, -0.2) is 4.98 Å². The Balaban J connectivity index is 1.55. The number of aromatic nitrogens is 1. The molecule has 7 heteroatoms. The lowest BCUT2D eigenvalue weighted by Gasteiger charge is -2.18. The average Bonchev–Trinajstić information content (AvgIpc) is 3.43. The van der Waals surface area contributed by atoms with Gasteiger partial charge in [0.15, 0.2) is 5.13 Å². The van der Waals surface area contributed by atoms with Gasteiger partial charge in [0.1, 0.15) is 17.0 Å². The van der Waals surface area contributed by atoms with Crippen molar-refractivity contribution in [2.24, 2.45) is 0 Å². The summed E-state index contributed by atoms with van der Waals surface area (Å²) in [5, 5.41) is 0.652. The molecule has 0 saturated carbocycles. The van der Waals surface area contributed by atoms with E-state index in [1.165, 1.54) is 16.9 Å². The maximum absolute atomic E-state index is 13.1. The van der Waals surface area contributed by atoms with Gasteiger partial charge in [0.2, 0.25) is 5.91 Å². The molecule has 0 N–H and O–H groups in total. The van der Waals surface area contributed by atoms with Crippen LogP contribution in [0.2, 0.25) is 0 Å². The molecular weight excluding hydrogens is 416 g/mol. The monoisotopic (exact) mass is 438 g/mol. The summed E-state index contributed by atoms with van der Waals surface area (Å²) < 4.78 is 12.2. The highest BCUT2D eigenvalue weighted by molar-refractivity contribution is 7.99. The summed E-state index contributed by atoms with van der Waals surface area (Å²) in [6.07, 6.45) is 1.62. The van der Waals surface area contributed by atoms with Crippen LogP contribution >= 0.6 is 23.1 Å². The molecule has 2 heterocycles. The highest BCUT2D eigenvalue weighted by Gasteiger charge is 2.22. The smallest absolute Gasteiger partial charge is 0.239 e. The molecule has 2 aromatic carbocycles. The molecular formula is C23H22N2O3S2. The Morgan fingerprint density at radius 1 is 1.13 bits per heavy atom. The number of fused-ring (bicyclic) bond motifs is 1. The molecule has 4 rings (SSSR count). The van der Waals surface area contributed by atoms with Crippen LogP contribution in [0, 0.1) is 0 Å². The van der Waals surface area contributed by atoms with Crippen LogP contribution in [0.4, 0.5) is 5.13 Å². The maximum Gasteiger partial charge on any atom is 0.239 e. The Kier molecular flexibility index (Phi) is 6.71. The summed E-state index contributed by atoms with van der Waals surface area (Å²) in [5.41, 5.74) is 1.99. The van der Waals surface area contributed by atoms with Crippen LogP contribution in [0.5, 0.6) is 5.75 Å². The van der Waals surface area contributed by atoms with Gasteiger partial charge in [0.25, 0.3) is 0 Å². The number of thioether (sulfide) groups is 1. The van der Waals surface area contributed by atoms with E-state index < -0.39 is 0 Å². The van der Waals surface area contributed by atoms with E-state index in [1.54, 1.807) is 22.9 Å². The fourth-order valence-electron chi connectivity index (χ4n) is 3.03. The number of hydrogen-bond acceptors (Lipinski definition) is 6. The summed E-state index contributed by atoms with van der Waals surface area (Å²) in [5.74, 6) is 2.62. The van der Waals surface area contributed by atoms with Crippen LogP contribution in [0.15, 0.2) is 71.3 Å². The first-order valence-corrected chi connectivity index (χ1v) is 11.7. The molecule has 0 fully saturated rings. The van der Waals surface area contributed by atoms with Gasteiger partial charge in [-0.1, -0.05) is 47.7 Å². The maximum atomic E-state index is 13.1. The molecule has 0 atom stereocenters. The van der Waals surface area contributed by atoms with E-state index in [0.717, 1.165) is 27.5 Å². The number of benzene rings is 2. The van der Waals surface area contributed by atoms with Crippen molar-refractivity contribution in [1.82, 2.24) is 4.98 Å². The van der Waals surface area contributed by atoms with E-state index in [1.807, 2.05) is 55.5 Å². The zero-order valence-electron chi connectivity index (χ0n) is 16.6. The largest absolute Gasteiger partial charge is 0.492 e. The molecule has 0 saturated heterocycles. The number of anilines is 1. The van der Waals surface area contributed by atoms with Crippen molar-refractivity contribution in [1.29, 1.82) is 0 Å². The molecule has 0 aliphatic rings. The predicted octanol–water partition coefficient (Wildman–Crippen LogP) is 5.75. The van der Waals surface area contributed by atoms with Gasteiger partial charge in [0, 0.05) is 5.75 Å². The first-order valence-electron chi connectivity index (χ1n) is 9.71. The van der Waals surface area contributed by atoms with Gasteiger partial charge in [-0.3, -0.25) is 9.69 Å². The number of para-hydroxylation sites is 1. The molecule has 0 aliphatic heterocycles. The molecule has 0 spiro atoms. The third-order valence-corrected chi connectivity index (χ3v) is 6.47. The molecule has 0 bridgehead atoms. The third kappa shape index (κ3) is 4.86. The van der Waals surface area contributed by atoms with Crippen LogP contribution in [0.1, 0.15) is 18.2 Å². The van der Waals surface area contributed by atoms with Gasteiger partial charge < -0.3 is 9.15 Å². The van der Waals surface area contributed by atoms with Gasteiger partial charge in [0.05, 0.1) is 29.9 Å². The van der Waals surface area contributed by atoms with Crippen LogP contribution in [-0.4, -0.2) is 23.3 Å². The second kappa shape index (κ2) is 9.82. The van der Waals surface area contributed by atoms with Crippen molar-refractivity contribution < 1.29 is 13.9 Å². The Labute approximate surface area is 183 Å². The van der Waals surface area contributed by atoms with Crippen molar-refractivity contribution in [3.8, 4) is 5.75 Å². The van der Waals surface area contributed by atoms with E-state index in [-0.39, 0.29) is 5.91 Å². The number of furan rings is 1. The van der Waals surface area contributed by atoms with Gasteiger partial charge in [-0.2, -0.15) is 0 Å². The Morgan fingerprint density at radius 3 is 2.77 bits per heavy atom. The molecule has 0 aliphatic carbocycles. The van der Waals surface area contributed by atoms with Gasteiger partial charge >= 0.3 is 0 Å². The lowest BCUT2D eigenvalue weighted by molar-refractivity contribution is -0.116. The fourth-order valence-corrected chi connectivity index (χ4v) is 4.89. The number of rotatable bonds is 9. The third-order valence-electron chi connectivity index (χ3n) is 4.43. The van der Waals surface area contributed by atoms with E-state index in [0.29, 0.717) is 24.0 Å². The summed E-state index contributed by atoms with van der Waals surface area (Å²) in [7, 11) is 0. The summed E-state index contributed by atoms with van der Waals surface area (Å²) in [4.78, 5) is 19.6. The molecule has 2 aromatic heterocycles. The van der Waals surface area contributed by atoms with E-state index in [4.69, 9.17) is 14.1 Å². The zero-order valence-corrected chi connectivity index (χ0v) is 18.2. The van der Waals surface area contributed by atoms with Crippen molar-refractivity contribution in [2.45, 2.75) is 19.2 Å². The van der Waals surface area contributed by atoms with Crippen LogP contribution in [-0.2, 0) is 17.1 Å². The summed E-state index contributed by atoms with van der Waals surface area (Å²) in [6, 6.07) is 19.7. The summed E-state index contributed by atoms with van der Waals surface area (Å²) >= 11 is 3.09. The quantitative estimate of drug-likeness (QED) is 0.333. The summed E-state index contributed by atoms with van der Waals surface area (Å²) in [6.45, 7) is 2.86. The minimum atomic E-state index is 0.00403. The van der Waals surface area contributed by atoms with Crippen molar-refractivity contribution in [3.63, 3.8) is 0 Å². The van der Waals surface area contributed by atoms with Crippen LogP contribution in [0.25, 0.3) is 10.2 Å². The second-order valence-corrected chi connectivity index (χ2v) is 8.56. The Hall–Kier alpha value is -2.77. The topological polar surface area (TPSA) is 55.6 Å². The number of thiazole rings is 1. The van der Waals surface area contributed by atoms with Crippen molar-refractivity contribution in [3.05, 3.63) is 78.3 Å².